The van der Waals surface area contributed by atoms with E-state index in [4.69, 9.17) is 9.47 Å². The molecule has 134 valence electrons. The molecule has 0 saturated heterocycles. The van der Waals surface area contributed by atoms with Crippen molar-refractivity contribution in [2.75, 3.05) is 21.3 Å². The molecule has 0 saturated carbocycles. The third-order valence-corrected chi connectivity index (χ3v) is 4.22. The van der Waals surface area contributed by atoms with Crippen LogP contribution in [0.25, 0.3) is 0 Å². The average Bonchev–Trinajstić information content (AvgIpc) is 2.88. The SMILES string of the molecule is COc1ccc(CN(C)C(=O)c2[nH]c(C)c(C(C)=O)c2C)cc1OC. The maximum atomic E-state index is 12.8. The Hall–Kier alpha value is -2.76. The van der Waals surface area contributed by atoms with Gasteiger partial charge in [0.05, 0.1) is 14.2 Å². The first-order valence-corrected chi connectivity index (χ1v) is 7.96. The second-order valence-corrected chi connectivity index (χ2v) is 6.03. The highest BCUT2D eigenvalue weighted by molar-refractivity contribution is 6.02. The van der Waals surface area contributed by atoms with Gasteiger partial charge in [-0.2, -0.15) is 0 Å². The van der Waals surface area contributed by atoms with Crippen molar-refractivity contribution < 1.29 is 19.1 Å². The van der Waals surface area contributed by atoms with Crippen molar-refractivity contribution in [2.24, 2.45) is 0 Å². The first-order valence-electron chi connectivity index (χ1n) is 7.96. The van der Waals surface area contributed by atoms with Crippen LogP contribution in [0.5, 0.6) is 11.5 Å². The number of carbonyl (C=O) groups excluding carboxylic acids is 2. The lowest BCUT2D eigenvalue weighted by Gasteiger charge is -2.18. The number of hydrogen-bond donors (Lipinski definition) is 1. The second kappa shape index (κ2) is 7.42. The third kappa shape index (κ3) is 3.68. The van der Waals surface area contributed by atoms with E-state index >= 15 is 0 Å². The zero-order chi connectivity index (χ0) is 18.7. The van der Waals surface area contributed by atoms with Gasteiger partial charge >= 0.3 is 0 Å². The maximum Gasteiger partial charge on any atom is 0.270 e. The van der Waals surface area contributed by atoms with E-state index in [1.54, 1.807) is 40.0 Å². The van der Waals surface area contributed by atoms with Gasteiger partial charge in [0.15, 0.2) is 17.3 Å². The molecule has 6 nitrogen and oxygen atoms in total. The normalized spacial score (nSPS) is 10.5. The third-order valence-electron chi connectivity index (χ3n) is 4.22. The zero-order valence-electron chi connectivity index (χ0n) is 15.5. The molecule has 1 aromatic heterocycles. The molecular weight excluding hydrogens is 320 g/mol. The number of ketones is 1. The summed E-state index contributed by atoms with van der Waals surface area (Å²) < 4.78 is 10.5. The fourth-order valence-corrected chi connectivity index (χ4v) is 3.01. The molecule has 6 heteroatoms. The molecule has 25 heavy (non-hydrogen) atoms. The van der Waals surface area contributed by atoms with E-state index in [0.717, 1.165) is 5.56 Å². The Labute approximate surface area is 147 Å². The van der Waals surface area contributed by atoms with Crippen LogP contribution in [0.1, 0.15) is 44.6 Å². The van der Waals surface area contributed by atoms with Crippen LogP contribution in [0.3, 0.4) is 0 Å². The van der Waals surface area contributed by atoms with E-state index in [2.05, 4.69) is 4.98 Å². The average molecular weight is 344 g/mol. The lowest BCUT2D eigenvalue weighted by atomic mass is 10.1. The lowest BCUT2D eigenvalue weighted by molar-refractivity contribution is 0.0779. The number of nitrogens with one attached hydrogen (secondary N) is 1. The Balaban J connectivity index is 2.24. The molecule has 0 unspecified atom stereocenters. The molecule has 0 radical (unpaired) electrons. The van der Waals surface area contributed by atoms with Crippen molar-refractivity contribution in [2.45, 2.75) is 27.3 Å². The number of Topliss-reactive ketones (excluding diaryl/α,β-unsaturated/α-hetero) is 1. The molecule has 0 bridgehead atoms. The highest BCUT2D eigenvalue weighted by atomic mass is 16.5. The van der Waals surface area contributed by atoms with Crippen LogP contribution >= 0.6 is 0 Å². The van der Waals surface area contributed by atoms with Crippen LogP contribution in [-0.4, -0.2) is 42.8 Å². The zero-order valence-corrected chi connectivity index (χ0v) is 15.5. The van der Waals surface area contributed by atoms with Crippen LogP contribution in [0, 0.1) is 13.8 Å². The van der Waals surface area contributed by atoms with Gasteiger partial charge in [0, 0.05) is 24.8 Å². The van der Waals surface area contributed by atoms with Gasteiger partial charge in [0.1, 0.15) is 5.69 Å². The standard InChI is InChI=1S/C19H24N2O4/c1-11-17(13(3)22)12(2)20-18(11)19(23)21(4)10-14-7-8-15(24-5)16(9-14)25-6/h7-9,20H,10H2,1-6H3. The van der Waals surface area contributed by atoms with Gasteiger partial charge < -0.3 is 19.4 Å². The molecule has 0 aliphatic heterocycles. The number of carbonyl (C=O) groups is 2. The molecule has 2 aromatic rings. The monoisotopic (exact) mass is 344 g/mol. The summed E-state index contributed by atoms with van der Waals surface area (Å²) in [6.45, 7) is 5.50. The molecule has 2 rings (SSSR count). The van der Waals surface area contributed by atoms with E-state index < -0.39 is 0 Å². The molecule has 0 fully saturated rings. The highest BCUT2D eigenvalue weighted by Crippen LogP contribution is 2.28. The first-order chi connectivity index (χ1) is 11.8. The number of H-pyrrole nitrogens is 1. The van der Waals surface area contributed by atoms with Crippen LogP contribution < -0.4 is 9.47 Å². The number of aryl methyl sites for hydroxylation is 1. The van der Waals surface area contributed by atoms with Crippen molar-refractivity contribution in [3.8, 4) is 11.5 Å². The Morgan fingerprint density at radius 2 is 1.76 bits per heavy atom. The molecule has 1 amide bonds. The number of methoxy groups -OCH3 is 2. The number of amides is 1. The first kappa shape index (κ1) is 18.6. The van der Waals surface area contributed by atoms with Gasteiger partial charge in [-0.05, 0) is 44.0 Å². The largest absolute Gasteiger partial charge is 0.493 e. The summed E-state index contributed by atoms with van der Waals surface area (Å²) in [7, 11) is 4.88. The van der Waals surface area contributed by atoms with Crippen LogP contribution in [0.2, 0.25) is 0 Å². The van der Waals surface area contributed by atoms with Gasteiger partial charge in [-0.3, -0.25) is 9.59 Å². The molecule has 0 aliphatic carbocycles. The van der Waals surface area contributed by atoms with E-state index in [9.17, 15) is 9.59 Å². The van der Waals surface area contributed by atoms with E-state index in [-0.39, 0.29) is 11.7 Å². The topological polar surface area (TPSA) is 71.6 Å². The van der Waals surface area contributed by atoms with Crippen LogP contribution in [0.15, 0.2) is 18.2 Å². The minimum atomic E-state index is -0.164. The minimum absolute atomic E-state index is 0.0483. The summed E-state index contributed by atoms with van der Waals surface area (Å²) in [5.74, 6) is 1.05. The summed E-state index contributed by atoms with van der Waals surface area (Å²) >= 11 is 0. The van der Waals surface area contributed by atoms with E-state index in [1.165, 1.54) is 6.92 Å². The number of ether oxygens (including phenoxy) is 2. The maximum absolute atomic E-state index is 12.8. The lowest BCUT2D eigenvalue weighted by Crippen LogP contribution is -2.27. The van der Waals surface area contributed by atoms with Gasteiger partial charge in [0.2, 0.25) is 0 Å². The Morgan fingerprint density at radius 1 is 1.12 bits per heavy atom. The fourth-order valence-electron chi connectivity index (χ4n) is 3.01. The molecule has 1 aromatic carbocycles. The molecule has 0 spiro atoms. The Morgan fingerprint density at radius 3 is 2.28 bits per heavy atom. The van der Waals surface area contributed by atoms with Crippen LogP contribution in [-0.2, 0) is 6.54 Å². The number of hydrogen-bond acceptors (Lipinski definition) is 4. The number of aromatic nitrogens is 1. The minimum Gasteiger partial charge on any atom is -0.493 e. The highest BCUT2D eigenvalue weighted by Gasteiger charge is 2.22. The number of benzene rings is 1. The van der Waals surface area contributed by atoms with E-state index in [1.807, 2.05) is 18.2 Å². The number of nitrogens with zero attached hydrogens (tertiary/aromatic N) is 1. The van der Waals surface area contributed by atoms with Gasteiger partial charge in [-0.25, -0.2) is 0 Å². The molecular formula is C19H24N2O4. The van der Waals surface area contributed by atoms with Crippen molar-refractivity contribution >= 4 is 11.7 Å². The predicted octanol–water partition coefficient (Wildman–Crippen LogP) is 3.12. The van der Waals surface area contributed by atoms with Gasteiger partial charge in [0.25, 0.3) is 5.91 Å². The van der Waals surface area contributed by atoms with Crippen molar-refractivity contribution in [3.63, 3.8) is 0 Å². The Kier molecular flexibility index (Phi) is 5.51. The second-order valence-electron chi connectivity index (χ2n) is 6.03. The molecule has 1 N–H and O–H groups in total. The molecule has 0 aliphatic rings. The van der Waals surface area contributed by atoms with Gasteiger partial charge in [-0.15, -0.1) is 0 Å². The summed E-state index contributed by atoms with van der Waals surface area (Å²) in [5, 5.41) is 0. The van der Waals surface area contributed by atoms with Crippen LogP contribution in [0.4, 0.5) is 0 Å². The smallest absolute Gasteiger partial charge is 0.270 e. The Bertz CT molecular complexity index is 808. The molecule has 0 atom stereocenters. The number of aromatic amines is 1. The summed E-state index contributed by atoms with van der Waals surface area (Å²) in [6, 6.07) is 5.54. The number of rotatable bonds is 6. The fraction of sp³-hybridized carbons (Fsp3) is 0.368. The predicted molar refractivity (Wildman–Crippen MR) is 95.6 cm³/mol. The van der Waals surface area contributed by atoms with Crippen molar-refractivity contribution in [3.05, 3.63) is 46.3 Å². The summed E-state index contributed by atoms with van der Waals surface area (Å²) in [6.07, 6.45) is 0. The quantitative estimate of drug-likeness (QED) is 0.817. The van der Waals surface area contributed by atoms with Gasteiger partial charge in [-0.1, -0.05) is 6.07 Å². The van der Waals surface area contributed by atoms with Crippen molar-refractivity contribution in [1.82, 2.24) is 9.88 Å². The summed E-state index contributed by atoms with van der Waals surface area (Å²) in [5.41, 5.74) is 3.36. The van der Waals surface area contributed by atoms with E-state index in [0.29, 0.717) is 40.6 Å². The molecule has 1 heterocycles. The van der Waals surface area contributed by atoms with Crippen molar-refractivity contribution in [1.29, 1.82) is 0 Å². The summed E-state index contributed by atoms with van der Waals surface area (Å²) in [4.78, 5) is 29.2.